The molecule has 0 aromatic heterocycles. The number of hydrogen-bond donors (Lipinski definition) is 1. The Hall–Kier alpha value is -2.17. The minimum absolute atomic E-state index is 0.0327. The van der Waals surface area contributed by atoms with Gasteiger partial charge in [-0.25, -0.2) is 0 Å². The summed E-state index contributed by atoms with van der Waals surface area (Å²) >= 11 is 0. The van der Waals surface area contributed by atoms with E-state index >= 15 is 0 Å². The van der Waals surface area contributed by atoms with Crippen molar-refractivity contribution in [1.82, 2.24) is 5.32 Å². The summed E-state index contributed by atoms with van der Waals surface area (Å²) in [6.07, 6.45) is 0.0407. The van der Waals surface area contributed by atoms with Gasteiger partial charge >= 0.3 is 5.97 Å². The number of amides is 1. The molecule has 1 aromatic carbocycles. The lowest BCUT2D eigenvalue weighted by molar-refractivity contribution is -0.148. The van der Waals surface area contributed by atoms with Crippen LogP contribution in [0.5, 0.6) is 0 Å². The standard InChI is InChI=1S/C18H25NO4/c1-12-6-7-13(2)14(10-12)15(20)8-9-17(22)23-11-16(21)19-18(3,4)5/h6-7,10H,8-9,11H2,1-5H3,(H,19,21). The van der Waals surface area contributed by atoms with Crippen LogP contribution >= 0.6 is 0 Å². The van der Waals surface area contributed by atoms with E-state index in [-0.39, 0.29) is 36.7 Å². The molecule has 0 bridgehead atoms. The Morgan fingerprint density at radius 2 is 1.74 bits per heavy atom. The third-order valence-electron chi connectivity index (χ3n) is 3.13. The average Bonchev–Trinajstić information content (AvgIpc) is 2.43. The van der Waals surface area contributed by atoms with Crippen LogP contribution in [0.1, 0.15) is 55.1 Å². The van der Waals surface area contributed by atoms with Crippen LogP contribution in [-0.4, -0.2) is 29.8 Å². The van der Waals surface area contributed by atoms with Gasteiger partial charge in [0.05, 0.1) is 6.42 Å². The summed E-state index contributed by atoms with van der Waals surface area (Å²) in [7, 11) is 0. The van der Waals surface area contributed by atoms with Gasteiger partial charge in [-0.2, -0.15) is 0 Å². The Morgan fingerprint density at radius 1 is 1.09 bits per heavy atom. The lowest BCUT2D eigenvalue weighted by Crippen LogP contribution is -2.42. The maximum absolute atomic E-state index is 12.2. The normalized spacial score (nSPS) is 11.0. The second kappa shape index (κ2) is 7.90. The Balaban J connectivity index is 2.43. The summed E-state index contributed by atoms with van der Waals surface area (Å²) in [4.78, 5) is 35.4. The lowest BCUT2D eigenvalue weighted by Gasteiger charge is -2.20. The Kier molecular flexibility index (Phi) is 6.49. The molecule has 0 heterocycles. The highest BCUT2D eigenvalue weighted by atomic mass is 16.5. The van der Waals surface area contributed by atoms with Gasteiger partial charge in [0.15, 0.2) is 12.4 Å². The van der Waals surface area contributed by atoms with E-state index in [0.29, 0.717) is 5.56 Å². The van der Waals surface area contributed by atoms with E-state index in [1.54, 1.807) is 0 Å². The molecule has 0 aliphatic carbocycles. The van der Waals surface area contributed by atoms with Crippen LogP contribution in [0.25, 0.3) is 0 Å². The van der Waals surface area contributed by atoms with Crippen LogP contribution in [0.3, 0.4) is 0 Å². The molecule has 0 saturated carbocycles. The third-order valence-corrected chi connectivity index (χ3v) is 3.13. The number of Topliss-reactive ketones (excluding diaryl/α,β-unsaturated/α-hetero) is 1. The zero-order valence-corrected chi connectivity index (χ0v) is 14.5. The molecule has 1 N–H and O–H groups in total. The van der Waals surface area contributed by atoms with Crippen molar-refractivity contribution in [1.29, 1.82) is 0 Å². The highest BCUT2D eigenvalue weighted by Crippen LogP contribution is 2.14. The van der Waals surface area contributed by atoms with Gasteiger partial charge in [-0.1, -0.05) is 17.7 Å². The number of esters is 1. The van der Waals surface area contributed by atoms with Gasteiger partial charge in [0.25, 0.3) is 5.91 Å². The first-order chi connectivity index (χ1) is 10.6. The quantitative estimate of drug-likeness (QED) is 0.646. The van der Waals surface area contributed by atoms with Crippen LogP contribution in [0.2, 0.25) is 0 Å². The molecule has 0 unspecified atom stereocenters. The van der Waals surface area contributed by atoms with Gasteiger partial charge in [-0.05, 0) is 46.2 Å². The lowest BCUT2D eigenvalue weighted by atomic mass is 9.99. The van der Waals surface area contributed by atoms with Gasteiger partial charge in [-0.15, -0.1) is 0 Å². The summed E-state index contributed by atoms with van der Waals surface area (Å²) in [6, 6.07) is 5.64. The third kappa shape index (κ3) is 7.08. The minimum atomic E-state index is -0.548. The van der Waals surface area contributed by atoms with Crippen molar-refractivity contribution in [2.45, 2.75) is 53.0 Å². The predicted octanol–water partition coefficient (Wildman–Crippen LogP) is 2.72. The number of nitrogens with one attached hydrogen (secondary N) is 1. The summed E-state index contributed by atoms with van der Waals surface area (Å²) in [5.41, 5.74) is 2.14. The maximum atomic E-state index is 12.2. The van der Waals surface area contributed by atoms with Crippen molar-refractivity contribution in [2.24, 2.45) is 0 Å². The van der Waals surface area contributed by atoms with Crippen molar-refractivity contribution >= 4 is 17.7 Å². The molecule has 5 nitrogen and oxygen atoms in total. The summed E-state index contributed by atoms with van der Waals surface area (Å²) < 4.78 is 4.89. The molecule has 0 spiro atoms. The highest BCUT2D eigenvalue weighted by Gasteiger charge is 2.16. The van der Waals surface area contributed by atoms with Gasteiger partial charge in [-0.3, -0.25) is 14.4 Å². The molecule has 5 heteroatoms. The molecule has 0 aliphatic heterocycles. The van der Waals surface area contributed by atoms with Crippen LogP contribution in [-0.2, 0) is 14.3 Å². The number of carbonyl (C=O) groups is 3. The van der Waals surface area contributed by atoms with Gasteiger partial charge in [0.2, 0.25) is 0 Å². The van der Waals surface area contributed by atoms with E-state index in [9.17, 15) is 14.4 Å². The molecule has 0 radical (unpaired) electrons. The van der Waals surface area contributed by atoms with E-state index in [0.717, 1.165) is 11.1 Å². The smallest absolute Gasteiger partial charge is 0.306 e. The Bertz CT molecular complexity index is 600. The molecule has 0 saturated heterocycles. The first-order valence-electron chi connectivity index (χ1n) is 7.65. The SMILES string of the molecule is Cc1ccc(C)c(C(=O)CCC(=O)OCC(=O)NC(C)(C)C)c1. The van der Waals surface area contributed by atoms with Crippen molar-refractivity contribution in [2.75, 3.05) is 6.61 Å². The second-order valence-electron chi connectivity index (χ2n) is 6.70. The molecule has 23 heavy (non-hydrogen) atoms. The second-order valence-corrected chi connectivity index (χ2v) is 6.70. The monoisotopic (exact) mass is 319 g/mol. The van der Waals surface area contributed by atoms with Crippen LogP contribution in [0.15, 0.2) is 18.2 Å². The number of aryl methyl sites for hydroxylation is 2. The summed E-state index contributed by atoms with van der Waals surface area (Å²) in [5, 5.41) is 2.70. The number of benzene rings is 1. The van der Waals surface area contributed by atoms with E-state index in [1.807, 2.05) is 52.8 Å². The number of ether oxygens (including phenoxy) is 1. The zero-order valence-electron chi connectivity index (χ0n) is 14.5. The first-order valence-corrected chi connectivity index (χ1v) is 7.65. The molecule has 1 aromatic rings. The van der Waals surface area contributed by atoms with Gasteiger partial charge < -0.3 is 10.1 Å². The fourth-order valence-electron chi connectivity index (χ4n) is 2.06. The molecule has 0 aliphatic rings. The average molecular weight is 319 g/mol. The largest absolute Gasteiger partial charge is 0.456 e. The number of rotatable bonds is 6. The maximum Gasteiger partial charge on any atom is 0.306 e. The summed E-state index contributed by atoms with van der Waals surface area (Å²) in [5.74, 6) is -0.998. The predicted molar refractivity (Wildman–Crippen MR) is 88.3 cm³/mol. The molecular weight excluding hydrogens is 294 g/mol. The summed E-state index contributed by atoms with van der Waals surface area (Å²) in [6.45, 7) is 8.98. The van der Waals surface area contributed by atoms with Crippen LogP contribution in [0, 0.1) is 13.8 Å². The first kappa shape index (κ1) is 18.9. The molecule has 0 fully saturated rings. The molecule has 1 amide bonds. The van der Waals surface area contributed by atoms with E-state index in [2.05, 4.69) is 5.32 Å². The molecule has 0 atom stereocenters. The number of carbonyl (C=O) groups excluding carboxylic acids is 3. The fourth-order valence-corrected chi connectivity index (χ4v) is 2.06. The Labute approximate surface area is 137 Å². The number of hydrogen-bond acceptors (Lipinski definition) is 4. The van der Waals surface area contributed by atoms with E-state index in [1.165, 1.54) is 0 Å². The molecule has 1 rings (SSSR count). The Morgan fingerprint density at radius 3 is 2.35 bits per heavy atom. The van der Waals surface area contributed by atoms with E-state index < -0.39 is 5.97 Å². The minimum Gasteiger partial charge on any atom is -0.456 e. The zero-order chi connectivity index (χ0) is 17.6. The topological polar surface area (TPSA) is 72.5 Å². The van der Waals surface area contributed by atoms with Crippen molar-refractivity contribution in [3.63, 3.8) is 0 Å². The van der Waals surface area contributed by atoms with Crippen molar-refractivity contribution < 1.29 is 19.1 Å². The fraction of sp³-hybridized carbons (Fsp3) is 0.500. The van der Waals surface area contributed by atoms with Gasteiger partial charge in [0.1, 0.15) is 0 Å². The van der Waals surface area contributed by atoms with Crippen LogP contribution in [0.4, 0.5) is 0 Å². The molecular formula is C18H25NO4. The van der Waals surface area contributed by atoms with Crippen molar-refractivity contribution in [3.05, 3.63) is 34.9 Å². The van der Waals surface area contributed by atoms with E-state index in [4.69, 9.17) is 4.74 Å². The molecule has 126 valence electrons. The van der Waals surface area contributed by atoms with Crippen LogP contribution < -0.4 is 5.32 Å². The highest BCUT2D eigenvalue weighted by molar-refractivity contribution is 5.99. The number of ketones is 1. The van der Waals surface area contributed by atoms with Gasteiger partial charge in [0, 0.05) is 17.5 Å². The van der Waals surface area contributed by atoms with Crippen molar-refractivity contribution in [3.8, 4) is 0 Å².